The van der Waals surface area contributed by atoms with Gasteiger partial charge in [0.2, 0.25) is 0 Å². The van der Waals surface area contributed by atoms with Crippen molar-refractivity contribution in [1.29, 1.82) is 0 Å². The molecule has 0 fully saturated rings. The minimum absolute atomic E-state index is 0.905. The molecule has 11 aromatic carbocycles. The summed E-state index contributed by atoms with van der Waals surface area (Å²) in [4.78, 5) is 2.39. The first kappa shape index (κ1) is 35.7. The molecule has 62 heavy (non-hydrogen) atoms. The topological polar surface area (TPSA) is 16.4 Å². The van der Waals surface area contributed by atoms with Gasteiger partial charge in [-0.2, -0.15) is 0 Å². The highest BCUT2D eigenvalue weighted by atomic mass is 16.3. The smallest absolute Gasteiger partial charge is 0.143 e. The van der Waals surface area contributed by atoms with Gasteiger partial charge < -0.3 is 9.32 Å². The van der Waals surface area contributed by atoms with Crippen molar-refractivity contribution in [2.75, 3.05) is 4.90 Å². The largest absolute Gasteiger partial charge is 0.455 e. The summed E-state index contributed by atoms with van der Waals surface area (Å²) in [6, 6.07) is 85.6. The van der Waals surface area contributed by atoms with Gasteiger partial charge in [-0.1, -0.05) is 176 Å². The van der Waals surface area contributed by atoms with Crippen LogP contribution in [-0.4, -0.2) is 0 Å². The minimum Gasteiger partial charge on any atom is -0.455 e. The van der Waals surface area contributed by atoms with E-state index in [2.05, 4.69) is 235 Å². The highest BCUT2D eigenvalue weighted by molar-refractivity contribution is 6.15. The fraction of sp³-hybridized carbons (Fsp3) is 0. The molecule has 0 aliphatic carbocycles. The summed E-state index contributed by atoms with van der Waals surface area (Å²) in [7, 11) is 0. The van der Waals surface area contributed by atoms with Gasteiger partial charge in [0.05, 0.1) is 5.69 Å². The first-order chi connectivity index (χ1) is 30.7. The van der Waals surface area contributed by atoms with Crippen LogP contribution < -0.4 is 4.90 Å². The number of furan rings is 1. The van der Waals surface area contributed by atoms with Crippen molar-refractivity contribution in [3.05, 3.63) is 237 Å². The molecule has 0 unspecified atom stereocenters. The molecule has 0 amide bonds. The lowest BCUT2D eigenvalue weighted by molar-refractivity contribution is 0.672. The molecule has 12 rings (SSSR count). The third-order valence-electron chi connectivity index (χ3n) is 12.4. The Morgan fingerprint density at radius 3 is 1.63 bits per heavy atom. The predicted octanol–water partition coefficient (Wildman–Crippen LogP) is 17.2. The molecule has 0 N–H and O–H groups in total. The van der Waals surface area contributed by atoms with Crippen molar-refractivity contribution in [2.45, 2.75) is 0 Å². The molecule has 12 aromatic rings. The average Bonchev–Trinajstić information content (AvgIpc) is 3.74. The molecule has 0 aliphatic rings. The highest BCUT2D eigenvalue weighted by Gasteiger charge is 2.19. The summed E-state index contributed by atoms with van der Waals surface area (Å²) in [6.07, 6.45) is 0. The third-order valence-corrected chi connectivity index (χ3v) is 12.4. The molecule has 0 bridgehead atoms. The number of hydrogen-bond acceptors (Lipinski definition) is 2. The molecule has 1 heterocycles. The second-order valence-electron chi connectivity index (χ2n) is 16.1. The number of fused-ring (bicyclic) bond motifs is 7. The summed E-state index contributed by atoms with van der Waals surface area (Å²) in [5, 5.41) is 9.52. The maximum absolute atomic E-state index is 6.53. The highest BCUT2D eigenvalue weighted by Crippen LogP contribution is 2.44. The lowest BCUT2D eigenvalue weighted by Gasteiger charge is -2.28. The van der Waals surface area contributed by atoms with Crippen molar-refractivity contribution in [3.63, 3.8) is 0 Å². The van der Waals surface area contributed by atoms with Crippen molar-refractivity contribution in [3.8, 4) is 44.5 Å². The SMILES string of the molecule is c1cc(-c2ccc(N(c3ccc(-c4ccc5ccccc5c4)cc3)c3ccccc3-c3ccc4ccc5c6ccccc6oc5c4c3)cc2)cc(-c2cccc3ccccc23)c1. The lowest BCUT2D eigenvalue weighted by Crippen LogP contribution is -2.11. The Balaban J connectivity index is 0.974. The van der Waals surface area contributed by atoms with E-state index >= 15 is 0 Å². The first-order valence-corrected chi connectivity index (χ1v) is 21.2. The lowest BCUT2D eigenvalue weighted by atomic mass is 9.95. The second-order valence-corrected chi connectivity index (χ2v) is 16.1. The Labute approximate surface area is 360 Å². The Morgan fingerprint density at radius 1 is 0.274 bits per heavy atom. The summed E-state index contributed by atoms with van der Waals surface area (Å²) in [5.41, 5.74) is 14.5. The van der Waals surface area contributed by atoms with Gasteiger partial charge in [0.1, 0.15) is 11.2 Å². The normalized spacial score (nSPS) is 11.5. The van der Waals surface area contributed by atoms with E-state index in [-0.39, 0.29) is 0 Å². The van der Waals surface area contributed by atoms with Crippen LogP contribution in [-0.2, 0) is 0 Å². The average molecular weight is 790 g/mol. The van der Waals surface area contributed by atoms with Crippen molar-refractivity contribution in [2.24, 2.45) is 0 Å². The van der Waals surface area contributed by atoms with Crippen molar-refractivity contribution in [1.82, 2.24) is 0 Å². The molecule has 2 heteroatoms. The first-order valence-electron chi connectivity index (χ1n) is 21.2. The molecular weight excluding hydrogens is 751 g/mol. The van der Waals surface area contributed by atoms with E-state index in [4.69, 9.17) is 4.42 Å². The van der Waals surface area contributed by atoms with E-state index in [1.165, 1.54) is 54.9 Å². The van der Waals surface area contributed by atoms with Crippen LogP contribution in [0.3, 0.4) is 0 Å². The van der Waals surface area contributed by atoms with Gasteiger partial charge in [0.15, 0.2) is 0 Å². The van der Waals surface area contributed by atoms with E-state index < -0.39 is 0 Å². The van der Waals surface area contributed by atoms with Gasteiger partial charge in [-0.25, -0.2) is 0 Å². The van der Waals surface area contributed by atoms with Crippen LogP contribution in [0.1, 0.15) is 0 Å². The number of anilines is 3. The van der Waals surface area contributed by atoms with Gasteiger partial charge in [0.25, 0.3) is 0 Å². The third kappa shape index (κ3) is 6.20. The van der Waals surface area contributed by atoms with E-state index in [0.717, 1.165) is 60.9 Å². The van der Waals surface area contributed by atoms with Gasteiger partial charge >= 0.3 is 0 Å². The zero-order valence-electron chi connectivity index (χ0n) is 33.9. The van der Waals surface area contributed by atoms with Crippen LogP contribution in [0, 0.1) is 0 Å². The number of nitrogens with zero attached hydrogens (tertiary/aromatic N) is 1. The quantitative estimate of drug-likeness (QED) is 0.160. The minimum atomic E-state index is 0.905. The molecule has 0 aliphatic heterocycles. The monoisotopic (exact) mass is 789 g/mol. The molecule has 0 radical (unpaired) electrons. The number of hydrogen-bond donors (Lipinski definition) is 0. The van der Waals surface area contributed by atoms with Gasteiger partial charge in [-0.3, -0.25) is 0 Å². The number of para-hydroxylation sites is 2. The van der Waals surface area contributed by atoms with E-state index in [9.17, 15) is 0 Å². The molecule has 0 saturated heterocycles. The summed E-state index contributed by atoms with van der Waals surface area (Å²) >= 11 is 0. The molecule has 290 valence electrons. The Kier molecular flexibility index (Phi) is 8.53. The standard InChI is InChI=1S/C60H39NO/c1-2-13-45-37-47(25-23-40(45)11-1)42-29-34-51(35-30-42)61(50-32-27-41(28-33-50)46-15-9-16-48(38-46)53-20-10-14-43-12-3-4-17-52(43)53)58-21-7-5-18-54(58)49-26-24-44-31-36-56-55-19-6-8-22-59(55)62-60(56)57(44)39-49/h1-39H. The molecule has 0 atom stereocenters. The summed E-state index contributed by atoms with van der Waals surface area (Å²) in [6.45, 7) is 0. The Bertz CT molecular complexity index is 3630. The van der Waals surface area contributed by atoms with E-state index in [1.807, 2.05) is 6.07 Å². The fourth-order valence-corrected chi connectivity index (χ4v) is 9.33. The fourth-order valence-electron chi connectivity index (χ4n) is 9.33. The van der Waals surface area contributed by atoms with Gasteiger partial charge in [0, 0.05) is 33.1 Å². The Morgan fingerprint density at radius 2 is 0.806 bits per heavy atom. The van der Waals surface area contributed by atoms with Crippen LogP contribution in [0.4, 0.5) is 17.1 Å². The summed E-state index contributed by atoms with van der Waals surface area (Å²) < 4.78 is 6.53. The molecule has 2 nitrogen and oxygen atoms in total. The van der Waals surface area contributed by atoms with Crippen LogP contribution in [0.15, 0.2) is 241 Å². The van der Waals surface area contributed by atoms with Crippen molar-refractivity contribution < 1.29 is 4.42 Å². The van der Waals surface area contributed by atoms with Gasteiger partial charge in [-0.05, 0) is 127 Å². The molecule has 0 spiro atoms. The maximum atomic E-state index is 6.53. The maximum Gasteiger partial charge on any atom is 0.143 e. The number of rotatable bonds is 7. The van der Waals surface area contributed by atoms with Crippen LogP contribution in [0.2, 0.25) is 0 Å². The van der Waals surface area contributed by atoms with Crippen LogP contribution >= 0.6 is 0 Å². The van der Waals surface area contributed by atoms with Crippen molar-refractivity contribution >= 4 is 71.3 Å². The van der Waals surface area contributed by atoms with Crippen LogP contribution in [0.5, 0.6) is 0 Å². The zero-order chi connectivity index (χ0) is 41.0. The van der Waals surface area contributed by atoms with Crippen LogP contribution in [0.25, 0.3) is 98.8 Å². The molecular formula is C60H39NO. The predicted molar refractivity (Wildman–Crippen MR) is 263 cm³/mol. The number of benzene rings is 11. The molecule has 0 saturated carbocycles. The van der Waals surface area contributed by atoms with Gasteiger partial charge in [-0.15, -0.1) is 0 Å². The van der Waals surface area contributed by atoms with E-state index in [1.54, 1.807) is 0 Å². The summed E-state index contributed by atoms with van der Waals surface area (Å²) in [5.74, 6) is 0. The zero-order valence-corrected chi connectivity index (χ0v) is 33.9. The second kappa shape index (κ2) is 14.8. The molecule has 1 aromatic heterocycles. The van der Waals surface area contributed by atoms with E-state index in [0.29, 0.717) is 0 Å². The Hall–Kier alpha value is -8.20.